The van der Waals surface area contributed by atoms with Crippen LogP contribution in [0, 0.1) is 11.8 Å². The first-order chi connectivity index (χ1) is 33.0. The average Bonchev–Trinajstić information content (AvgIpc) is 3.40. The molecule has 0 fully saturated rings. The fourth-order valence-corrected chi connectivity index (χ4v) is 9.16. The topological polar surface area (TPSA) is 63.4 Å². The average molecular weight is 864 g/mol. The molecule has 1 aromatic heterocycles. The van der Waals surface area contributed by atoms with E-state index < -0.39 is 0 Å². The molecule has 0 bridgehead atoms. The lowest BCUT2D eigenvalue weighted by atomic mass is 9.88. The summed E-state index contributed by atoms with van der Waals surface area (Å²) in [6, 6.07) is 53.4. The van der Waals surface area contributed by atoms with Crippen LogP contribution in [0.3, 0.4) is 0 Å². The van der Waals surface area contributed by atoms with Crippen molar-refractivity contribution in [2.24, 2.45) is 21.8 Å². The minimum atomic E-state index is -0.193. The lowest BCUT2D eigenvalue weighted by molar-refractivity contribution is 0.731. The minimum absolute atomic E-state index is 0.0427. The predicted molar refractivity (Wildman–Crippen MR) is 283 cm³/mol. The van der Waals surface area contributed by atoms with Crippen LogP contribution >= 0.6 is 0 Å². The molecular formula is C62H49N5. The SMILES string of the molecule is C=C/C=C\C(=C/C)C1C=C(c2nc(-c3cccc(-c4ccccc4)c3)nc(-c3cc(C4=NC(C=C)C(C=C)C=N4)cc(-c4ccc(-c5cc6ccccc6c6ccccc56)cc4)c3)n2)C=CC1. The fraction of sp³-hybridized carbons (Fsp3) is 0.0806. The van der Waals surface area contributed by atoms with Crippen LogP contribution in [-0.4, -0.2) is 33.0 Å². The second-order valence-corrected chi connectivity index (χ2v) is 16.8. The zero-order valence-corrected chi connectivity index (χ0v) is 37.5. The molecule has 5 heteroatoms. The first kappa shape index (κ1) is 42.5. The van der Waals surface area contributed by atoms with E-state index in [2.05, 4.69) is 203 Å². The first-order valence-electron chi connectivity index (χ1n) is 22.8. The van der Waals surface area contributed by atoms with Gasteiger partial charge in [-0.25, -0.2) is 19.9 Å². The lowest BCUT2D eigenvalue weighted by Crippen LogP contribution is -2.22. The van der Waals surface area contributed by atoms with Gasteiger partial charge in [0.2, 0.25) is 0 Å². The summed E-state index contributed by atoms with van der Waals surface area (Å²) < 4.78 is 0. The Morgan fingerprint density at radius 1 is 0.567 bits per heavy atom. The predicted octanol–water partition coefficient (Wildman–Crippen LogP) is 15.3. The second-order valence-electron chi connectivity index (χ2n) is 16.8. The molecule has 1 aliphatic heterocycles. The van der Waals surface area contributed by atoms with Crippen LogP contribution < -0.4 is 0 Å². The van der Waals surface area contributed by atoms with Crippen molar-refractivity contribution < 1.29 is 0 Å². The highest BCUT2D eigenvalue weighted by molar-refractivity contribution is 6.14. The van der Waals surface area contributed by atoms with Crippen LogP contribution in [0.2, 0.25) is 0 Å². The second kappa shape index (κ2) is 19.0. The summed E-state index contributed by atoms with van der Waals surface area (Å²) in [6.07, 6.45) is 21.2. The van der Waals surface area contributed by atoms with E-state index in [4.69, 9.17) is 24.9 Å². The molecule has 0 radical (unpaired) electrons. The third-order valence-corrected chi connectivity index (χ3v) is 12.7. The molecule has 67 heavy (non-hydrogen) atoms. The van der Waals surface area contributed by atoms with Crippen molar-refractivity contribution in [2.45, 2.75) is 19.4 Å². The Bertz CT molecular complexity index is 3400. The molecule has 3 unspecified atom stereocenters. The van der Waals surface area contributed by atoms with Gasteiger partial charge in [0.1, 0.15) is 0 Å². The largest absolute Gasteiger partial charge is 0.258 e. The van der Waals surface area contributed by atoms with Crippen LogP contribution in [0.25, 0.3) is 83.3 Å². The van der Waals surface area contributed by atoms with Crippen LogP contribution in [0.1, 0.15) is 24.7 Å². The van der Waals surface area contributed by atoms with Crippen LogP contribution in [0.15, 0.2) is 242 Å². The van der Waals surface area contributed by atoms with Gasteiger partial charge < -0.3 is 0 Å². The number of hydrogen-bond donors (Lipinski definition) is 0. The van der Waals surface area contributed by atoms with Crippen molar-refractivity contribution in [3.05, 3.63) is 243 Å². The Morgan fingerprint density at radius 2 is 1.21 bits per heavy atom. The van der Waals surface area contributed by atoms with Gasteiger partial charge >= 0.3 is 0 Å². The van der Waals surface area contributed by atoms with Gasteiger partial charge in [-0.15, -0.1) is 13.2 Å². The highest BCUT2D eigenvalue weighted by Gasteiger charge is 2.22. The van der Waals surface area contributed by atoms with Crippen molar-refractivity contribution in [2.75, 3.05) is 0 Å². The van der Waals surface area contributed by atoms with E-state index in [9.17, 15) is 0 Å². The molecule has 0 N–H and O–H groups in total. The molecule has 8 aromatic rings. The molecule has 2 aliphatic rings. The Kier molecular flexibility index (Phi) is 12.0. The quantitative estimate of drug-likeness (QED) is 0.0698. The van der Waals surface area contributed by atoms with Gasteiger partial charge in [-0.05, 0) is 104 Å². The van der Waals surface area contributed by atoms with Crippen molar-refractivity contribution in [1.82, 2.24) is 15.0 Å². The first-order valence-corrected chi connectivity index (χ1v) is 22.8. The van der Waals surface area contributed by atoms with Crippen LogP contribution in [-0.2, 0) is 0 Å². The van der Waals surface area contributed by atoms with E-state index in [-0.39, 0.29) is 17.9 Å². The van der Waals surface area contributed by atoms with Crippen molar-refractivity contribution in [3.63, 3.8) is 0 Å². The molecule has 0 spiro atoms. The van der Waals surface area contributed by atoms with Gasteiger partial charge in [0, 0.05) is 40.3 Å². The molecule has 322 valence electrons. The number of fused-ring (bicyclic) bond motifs is 3. The van der Waals surface area contributed by atoms with Gasteiger partial charge in [0.25, 0.3) is 0 Å². The zero-order chi connectivity index (χ0) is 45.7. The molecule has 0 saturated heterocycles. The number of aliphatic imine (C=N–C) groups is 2. The summed E-state index contributed by atoms with van der Waals surface area (Å²) in [5.74, 6) is 2.45. The Hall–Kier alpha value is -8.41. The lowest BCUT2D eigenvalue weighted by Gasteiger charge is -2.20. The van der Waals surface area contributed by atoms with Crippen molar-refractivity contribution >= 4 is 39.2 Å². The summed E-state index contributed by atoms with van der Waals surface area (Å²) >= 11 is 0. The Morgan fingerprint density at radius 3 is 1.99 bits per heavy atom. The van der Waals surface area contributed by atoms with Gasteiger partial charge in [0.05, 0.1) is 6.04 Å². The molecule has 1 aliphatic carbocycles. The molecule has 5 nitrogen and oxygen atoms in total. The van der Waals surface area contributed by atoms with E-state index in [1.165, 1.54) is 32.7 Å². The van der Waals surface area contributed by atoms with E-state index in [1.54, 1.807) is 0 Å². The van der Waals surface area contributed by atoms with E-state index in [1.807, 2.05) is 36.6 Å². The minimum Gasteiger partial charge on any atom is -0.258 e. The number of aromatic nitrogens is 3. The molecule has 0 amide bonds. The van der Waals surface area contributed by atoms with Gasteiger partial charge in [-0.2, -0.15) is 0 Å². The van der Waals surface area contributed by atoms with E-state index in [0.29, 0.717) is 23.3 Å². The van der Waals surface area contributed by atoms with Gasteiger partial charge in [0.15, 0.2) is 23.3 Å². The summed E-state index contributed by atoms with van der Waals surface area (Å²) in [5, 5.41) is 4.93. The van der Waals surface area contributed by atoms with Crippen molar-refractivity contribution in [3.8, 4) is 56.2 Å². The standard InChI is InChI=1S/C62H49N5/c1-5-9-19-41(6-2)46-23-17-25-49(34-46)60-65-61(50-26-18-24-47(35-50)43-20-11-10-12-21-43)67-62(66-60)53-37-51(36-52(38-53)59-63-40-42(7-3)58(8-4)64-59)44-30-32-45(33-31-44)57-39-48-22-13-14-27-54(48)55-28-15-16-29-56(55)57/h5-22,24-40,42,46,58H,1,3-4,23H2,2H3/b19-9-,41-6+. The Balaban J connectivity index is 1.14. The maximum Gasteiger partial charge on any atom is 0.164 e. The number of rotatable bonds is 12. The number of amidine groups is 1. The number of benzene rings is 7. The fourth-order valence-electron chi connectivity index (χ4n) is 9.16. The van der Waals surface area contributed by atoms with Gasteiger partial charge in [-0.3, -0.25) is 4.99 Å². The number of allylic oxidation sites excluding steroid dienone is 9. The van der Waals surface area contributed by atoms with E-state index >= 15 is 0 Å². The molecule has 7 aromatic carbocycles. The molecular weight excluding hydrogens is 815 g/mol. The molecule has 10 rings (SSSR count). The zero-order valence-electron chi connectivity index (χ0n) is 37.5. The summed E-state index contributed by atoms with van der Waals surface area (Å²) in [4.78, 5) is 25.8. The highest BCUT2D eigenvalue weighted by atomic mass is 15.0. The van der Waals surface area contributed by atoms with E-state index in [0.717, 1.165) is 56.5 Å². The maximum absolute atomic E-state index is 5.30. The van der Waals surface area contributed by atoms with Crippen molar-refractivity contribution in [1.29, 1.82) is 0 Å². The van der Waals surface area contributed by atoms with Gasteiger partial charge in [-0.1, -0.05) is 183 Å². The molecule has 0 saturated carbocycles. The highest BCUT2D eigenvalue weighted by Crippen LogP contribution is 2.38. The number of hydrogen-bond acceptors (Lipinski definition) is 5. The summed E-state index contributed by atoms with van der Waals surface area (Å²) in [7, 11) is 0. The normalized spacial score (nSPS) is 17.1. The monoisotopic (exact) mass is 863 g/mol. The molecule has 3 atom stereocenters. The summed E-state index contributed by atoms with van der Waals surface area (Å²) in [5.41, 5.74) is 11.3. The van der Waals surface area contributed by atoms with Crippen LogP contribution in [0.4, 0.5) is 0 Å². The Labute approximate surface area is 392 Å². The van der Waals surface area contributed by atoms with Crippen LogP contribution in [0.5, 0.6) is 0 Å². The molecule has 2 heterocycles. The summed E-state index contributed by atoms with van der Waals surface area (Å²) in [6.45, 7) is 14.1. The number of nitrogens with zero attached hydrogens (tertiary/aromatic N) is 5. The smallest absolute Gasteiger partial charge is 0.164 e. The third-order valence-electron chi connectivity index (χ3n) is 12.7. The maximum atomic E-state index is 5.30. The third kappa shape index (κ3) is 8.75.